The Hall–Kier alpha value is -1.96. The Morgan fingerprint density at radius 1 is 1.58 bits per heavy atom. The van der Waals surface area contributed by atoms with Gasteiger partial charge in [-0.1, -0.05) is 12.8 Å². The molecule has 0 bridgehead atoms. The molecule has 1 aromatic rings. The molecule has 0 saturated heterocycles. The van der Waals surface area contributed by atoms with Crippen molar-refractivity contribution in [2.45, 2.75) is 44.4 Å². The van der Waals surface area contributed by atoms with Gasteiger partial charge in [0.25, 0.3) is 0 Å². The molecule has 1 aromatic heterocycles. The fourth-order valence-electron chi connectivity index (χ4n) is 2.22. The summed E-state index contributed by atoms with van der Waals surface area (Å²) in [5, 5.41) is 26.6. The normalized spacial score (nSPS) is 23.0. The monoisotopic (exact) mass is 268 g/mol. The first-order valence-corrected chi connectivity index (χ1v) is 6.21. The summed E-state index contributed by atoms with van der Waals surface area (Å²) in [5.41, 5.74) is 0. The van der Waals surface area contributed by atoms with Gasteiger partial charge in [-0.25, -0.2) is 0 Å². The first kappa shape index (κ1) is 13.5. The van der Waals surface area contributed by atoms with E-state index < -0.39 is 11.0 Å². The Labute approximate surface area is 109 Å². The molecule has 8 nitrogen and oxygen atoms in total. The Bertz CT molecular complexity index is 473. The van der Waals surface area contributed by atoms with E-state index in [1.807, 2.05) is 0 Å². The first-order valence-electron chi connectivity index (χ1n) is 6.21. The molecule has 2 N–H and O–H groups in total. The topological polar surface area (TPSA) is 110 Å². The van der Waals surface area contributed by atoms with Gasteiger partial charge in [0.15, 0.2) is 0 Å². The number of carbonyl (C=O) groups excluding carboxylic acids is 1. The standard InChI is InChI=1S/C11H16N4O4/c16-9-4-2-1-3-8(9)12-11(17)7-14-6-5-10(13-14)15(18)19/h5-6,8-9,16H,1-4,7H2,(H,12,17)/t8-,9-/m1/s1. The van der Waals surface area contributed by atoms with E-state index in [1.54, 1.807) is 0 Å². The highest BCUT2D eigenvalue weighted by Gasteiger charge is 2.25. The highest BCUT2D eigenvalue weighted by Crippen LogP contribution is 2.18. The van der Waals surface area contributed by atoms with Gasteiger partial charge in [-0.2, -0.15) is 4.68 Å². The molecule has 1 amide bonds. The van der Waals surface area contributed by atoms with Crippen LogP contribution >= 0.6 is 0 Å². The number of nitrogens with zero attached hydrogens (tertiary/aromatic N) is 3. The molecule has 8 heteroatoms. The van der Waals surface area contributed by atoms with Crippen LogP contribution in [0.4, 0.5) is 5.82 Å². The van der Waals surface area contributed by atoms with Gasteiger partial charge in [-0.15, -0.1) is 0 Å². The Balaban J connectivity index is 1.87. The van der Waals surface area contributed by atoms with E-state index in [0.29, 0.717) is 6.42 Å². The minimum absolute atomic E-state index is 0.0863. The quantitative estimate of drug-likeness (QED) is 0.599. The van der Waals surface area contributed by atoms with Crippen LogP contribution in [0.5, 0.6) is 0 Å². The molecule has 0 unspecified atom stereocenters. The summed E-state index contributed by atoms with van der Waals surface area (Å²) < 4.78 is 1.21. The third-order valence-corrected chi connectivity index (χ3v) is 3.20. The third kappa shape index (κ3) is 3.50. The maximum atomic E-state index is 11.8. The zero-order valence-electron chi connectivity index (χ0n) is 10.4. The molecule has 0 aromatic carbocycles. The molecule has 1 heterocycles. The molecule has 0 radical (unpaired) electrons. The predicted octanol–water partition coefficient (Wildman–Crippen LogP) is 0.211. The largest absolute Gasteiger partial charge is 0.391 e. The second-order valence-corrected chi connectivity index (χ2v) is 4.65. The highest BCUT2D eigenvalue weighted by molar-refractivity contribution is 5.76. The van der Waals surface area contributed by atoms with Crippen LogP contribution in [0.25, 0.3) is 0 Å². The average molecular weight is 268 g/mol. The summed E-state index contributed by atoms with van der Waals surface area (Å²) in [7, 11) is 0. The van der Waals surface area contributed by atoms with Gasteiger partial charge >= 0.3 is 5.82 Å². The van der Waals surface area contributed by atoms with Crippen LogP contribution in [0.1, 0.15) is 25.7 Å². The van der Waals surface area contributed by atoms with Gasteiger partial charge in [0.05, 0.1) is 29.5 Å². The molecule has 1 aliphatic carbocycles. The van der Waals surface area contributed by atoms with Crippen molar-refractivity contribution in [2.75, 3.05) is 0 Å². The third-order valence-electron chi connectivity index (χ3n) is 3.20. The van der Waals surface area contributed by atoms with Gasteiger partial charge in [-0.05, 0) is 17.8 Å². The van der Waals surface area contributed by atoms with E-state index >= 15 is 0 Å². The SMILES string of the molecule is O=C(Cn1ccc([N+](=O)[O-])n1)N[C@@H]1CCCC[C@H]1O. The van der Waals surface area contributed by atoms with Gasteiger partial charge in [0.2, 0.25) is 5.91 Å². The number of rotatable bonds is 4. The summed E-state index contributed by atoms with van der Waals surface area (Å²) >= 11 is 0. The van der Waals surface area contributed by atoms with Gasteiger partial charge < -0.3 is 20.5 Å². The Morgan fingerprint density at radius 2 is 2.32 bits per heavy atom. The van der Waals surface area contributed by atoms with E-state index in [1.165, 1.54) is 16.9 Å². The van der Waals surface area contributed by atoms with Crippen LogP contribution < -0.4 is 5.32 Å². The van der Waals surface area contributed by atoms with Crippen molar-refractivity contribution in [2.24, 2.45) is 0 Å². The van der Waals surface area contributed by atoms with E-state index in [2.05, 4.69) is 10.4 Å². The average Bonchev–Trinajstić information content (AvgIpc) is 2.80. The molecular weight excluding hydrogens is 252 g/mol. The zero-order chi connectivity index (χ0) is 13.8. The van der Waals surface area contributed by atoms with Gasteiger partial charge in [0, 0.05) is 0 Å². The van der Waals surface area contributed by atoms with Crippen LogP contribution in [0, 0.1) is 10.1 Å². The number of aromatic nitrogens is 2. The van der Waals surface area contributed by atoms with E-state index in [4.69, 9.17) is 0 Å². The summed E-state index contributed by atoms with van der Waals surface area (Å²) in [4.78, 5) is 21.6. The van der Waals surface area contributed by atoms with Crippen molar-refractivity contribution in [1.29, 1.82) is 0 Å². The van der Waals surface area contributed by atoms with Crippen molar-refractivity contribution in [3.63, 3.8) is 0 Å². The van der Waals surface area contributed by atoms with Crippen LogP contribution in [0.3, 0.4) is 0 Å². The molecule has 1 aliphatic rings. The number of nitrogens with one attached hydrogen (secondary N) is 1. The molecule has 2 atom stereocenters. The fourth-order valence-corrected chi connectivity index (χ4v) is 2.22. The molecular formula is C11H16N4O4. The minimum atomic E-state index is -0.612. The number of aliphatic hydroxyl groups excluding tert-OH is 1. The number of carbonyl (C=O) groups is 1. The van der Waals surface area contributed by atoms with Crippen molar-refractivity contribution < 1.29 is 14.8 Å². The minimum Gasteiger partial charge on any atom is -0.391 e. The summed E-state index contributed by atoms with van der Waals surface area (Å²) in [6.07, 6.45) is 4.28. The smallest absolute Gasteiger partial charge is 0.389 e. The molecule has 1 saturated carbocycles. The second kappa shape index (κ2) is 5.79. The molecule has 19 heavy (non-hydrogen) atoms. The lowest BCUT2D eigenvalue weighted by molar-refractivity contribution is -0.389. The number of hydrogen-bond donors (Lipinski definition) is 2. The van der Waals surface area contributed by atoms with Crippen LogP contribution in [-0.4, -0.2) is 37.9 Å². The molecule has 2 rings (SSSR count). The van der Waals surface area contributed by atoms with Crippen LogP contribution in [0.15, 0.2) is 12.3 Å². The second-order valence-electron chi connectivity index (χ2n) is 4.65. The van der Waals surface area contributed by atoms with Crippen LogP contribution in [0.2, 0.25) is 0 Å². The van der Waals surface area contributed by atoms with Gasteiger partial charge in [0.1, 0.15) is 6.54 Å². The lowest BCUT2D eigenvalue weighted by atomic mass is 9.92. The lowest BCUT2D eigenvalue weighted by Crippen LogP contribution is -2.46. The Morgan fingerprint density at radius 3 is 2.95 bits per heavy atom. The Kier molecular flexibility index (Phi) is 4.10. The summed E-state index contributed by atoms with van der Waals surface area (Å²) in [6, 6.07) is 1.01. The number of aliphatic hydroxyl groups is 1. The predicted molar refractivity (Wildman–Crippen MR) is 65.3 cm³/mol. The number of nitro groups is 1. The van der Waals surface area contributed by atoms with Gasteiger partial charge in [-0.3, -0.25) is 4.79 Å². The lowest BCUT2D eigenvalue weighted by Gasteiger charge is -2.28. The van der Waals surface area contributed by atoms with Crippen molar-refractivity contribution in [1.82, 2.24) is 15.1 Å². The van der Waals surface area contributed by atoms with E-state index in [-0.39, 0.29) is 24.3 Å². The summed E-state index contributed by atoms with van der Waals surface area (Å²) in [6.45, 7) is -0.0863. The van der Waals surface area contributed by atoms with Crippen molar-refractivity contribution in [3.8, 4) is 0 Å². The maximum Gasteiger partial charge on any atom is 0.389 e. The fraction of sp³-hybridized carbons (Fsp3) is 0.636. The van der Waals surface area contributed by atoms with Crippen molar-refractivity contribution in [3.05, 3.63) is 22.4 Å². The number of amides is 1. The molecule has 1 fully saturated rings. The van der Waals surface area contributed by atoms with E-state index in [9.17, 15) is 20.0 Å². The molecule has 0 spiro atoms. The highest BCUT2D eigenvalue weighted by atomic mass is 16.6. The first-order chi connectivity index (χ1) is 9.06. The number of hydrogen-bond acceptors (Lipinski definition) is 5. The maximum absolute atomic E-state index is 11.8. The molecule has 104 valence electrons. The van der Waals surface area contributed by atoms with E-state index in [0.717, 1.165) is 19.3 Å². The zero-order valence-corrected chi connectivity index (χ0v) is 10.4. The van der Waals surface area contributed by atoms with Crippen molar-refractivity contribution >= 4 is 11.7 Å². The van der Waals surface area contributed by atoms with Crippen LogP contribution in [-0.2, 0) is 11.3 Å². The summed E-state index contributed by atoms with van der Waals surface area (Å²) in [5.74, 6) is -0.588. The molecule has 0 aliphatic heterocycles.